The quantitative estimate of drug-likeness (QED) is 0.178. The summed E-state index contributed by atoms with van der Waals surface area (Å²) in [5, 5.41) is 10.6. The number of hydrogen-bond acceptors (Lipinski definition) is 7. The number of fused-ring (bicyclic) bond motifs is 1. The molecule has 0 radical (unpaired) electrons. The van der Waals surface area contributed by atoms with Gasteiger partial charge in [0.05, 0.1) is 5.92 Å². The fourth-order valence-electron chi connectivity index (χ4n) is 4.70. The van der Waals surface area contributed by atoms with Crippen LogP contribution in [0.4, 0.5) is 4.39 Å². The van der Waals surface area contributed by atoms with Gasteiger partial charge in [-0.15, -0.1) is 0 Å². The fraction of sp³-hybridized carbons (Fsp3) is 0.152. The molecule has 2 N–H and O–H groups in total. The Bertz CT molecular complexity index is 1720. The van der Waals surface area contributed by atoms with Gasteiger partial charge in [0.1, 0.15) is 47.1 Å². The molecule has 5 rings (SSSR count). The van der Waals surface area contributed by atoms with Crippen molar-refractivity contribution in [3.05, 3.63) is 129 Å². The average molecular weight is 585 g/mol. The molecule has 1 atom stereocenters. The summed E-state index contributed by atoms with van der Waals surface area (Å²) in [6.45, 7) is 3.43. The van der Waals surface area contributed by atoms with Gasteiger partial charge in [-0.3, -0.25) is 0 Å². The van der Waals surface area contributed by atoms with Crippen LogP contribution in [-0.4, -0.2) is 12.6 Å². The molecule has 0 bridgehead atoms. The lowest BCUT2D eigenvalue weighted by Gasteiger charge is -2.27. The molecular weight excluding hydrogens is 559 g/mol. The van der Waals surface area contributed by atoms with Crippen molar-refractivity contribution in [2.24, 2.45) is 5.73 Å². The van der Waals surface area contributed by atoms with E-state index in [0.29, 0.717) is 33.4 Å². The SMILES string of the molecule is Cc1cc(OCC(=O)Oc2ccc3c(c2)OC(N)=C(C#N)C3c2cccc(OCc3ccccc3F)c2)cc(C)c1Cl. The molecule has 0 saturated carbocycles. The first-order valence-corrected chi connectivity index (χ1v) is 13.4. The minimum Gasteiger partial charge on any atom is -0.489 e. The first kappa shape index (κ1) is 28.5. The first-order chi connectivity index (χ1) is 20.2. The molecule has 212 valence electrons. The van der Waals surface area contributed by atoms with E-state index in [1.807, 2.05) is 19.9 Å². The zero-order valence-corrected chi connectivity index (χ0v) is 23.6. The molecule has 4 aromatic rings. The van der Waals surface area contributed by atoms with Gasteiger partial charge in [0.2, 0.25) is 5.88 Å². The largest absolute Gasteiger partial charge is 0.489 e. The Labute approximate surface area is 247 Å². The summed E-state index contributed by atoms with van der Waals surface area (Å²) in [7, 11) is 0. The van der Waals surface area contributed by atoms with Gasteiger partial charge in [0.15, 0.2) is 6.61 Å². The Kier molecular flexibility index (Phi) is 8.32. The molecule has 0 aliphatic carbocycles. The van der Waals surface area contributed by atoms with Crippen molar-refractivity contribution in [1.82, 2.24) is 0 Å². The molecule has 1 heterocycles. The number of nitrogens with two attached hydrogens (primary N) is 1. The van der Waals surface area contributed by atoms with Gasteiger partial charge in [-0.05, 0) is 66.9 Å². The van der Waals surface area contributed by atoms with Crippen LogP contribution in [0.5, 0.6) is 23.0 Å². The number of carbonyl (C=O) groups is 1. The number of benzene rings is 4. The van der Waals surface area contributed by atoms with Crippen molar-refractivity contribution in [3.8, 4) is 29.1 Å². The van der Waals surface area contributed by atoms with Crippen LogP contribution >= 0.6 is 11.6 Å². The molecule has 1 unspecified atom stereocenters. The number of nitrogens with zero attached hydrogens (tertiary/aromatic N) is 1. The maximum atomic E-state index is 14.1. The van der Waals surface area contributed by atoms with E-state index in [1.54, 1.807) is 60.7 Å². The predicted molar refractivity (Wildman–Crippen MR) is 155 cm³/mol. The lowest BCUT2D eigenvalue weighted by atomic mass is 9.83. The van der Waals surface area contributed by atoms with Crippen molar-refractivity contribution >= 4 is 17.6 Å². The number of halogens is 2. The molecule has 0 aromatic heterocycles. The third-order valence-electron chi connectivity index (χ3n) is 6.73. The van der Waals surface area contributed by atoms with Crippen molar-refractivity contribution in [3.63, 3.8) is 0 Å². The molecule has 9 heteroatoms. The number of esters is 1. The fourth-order valence-corrected chi connectivity index (χ4v) is 4.80. The summed E-state index contributed by atoms with van der Waals surface area (Å²) in [6.07, 6.45) is 0. The topological polar surface area (TPSA) is 104 Å². The Hall–Kier alpha value is -5.00. The molecule has 0 saturated heterocycles. The van der Waals surface area contributed by atoms with Crippen molar-refractivity contribution < 1.29 is 28.1 Å². The summed E-state index contributed by atoms with van der Waals surface area (Å²) < 4.78 is 36.7. The minimum atomic E-state index is -0.617. The number of nitriles is 1. The second-order valence-corrected chi connectivity index (χ2v) is 10.1. The molecule has 1 aliphatic rings. The number of ether oxygens (including phenoxy) is 4. The molecule has 7 nitrogen and oxygen atoms in total. The summed E-state index contributed by atoms with van der Waals surface area (Å²) in [4.78, 5) is 12.5. The zero-order chi connectivity index (χ0) is 29.8. The van der Waals surface area contributed by atoms with Crippen LogP contribution < -0.4 is 24.7 Å². The van der Waals surface area contributed by atoms with E-state index in [-0.39, 0.29) is 36.2 Å². The molecule has 0 spiro atoms. The Morgan fingerprint density at radius 3 is 2.48 bits per heavy atom. The second-order valence-electron chi connectivity index (χ2n) is 9.71. The molecule has 4 aromatic carbocycles. The van der Waals surface area contributed by atoms with Crippen LogP contribution in [0, 0.1) is 31.0 Å². The monoisotopic (exact) mass is 584 g/mol. The van der Waals surface area contributed by atoms with E-state index in [0.717, 1.165) is 16.7 Å². The smallest absolute Gasteiger partial charge is 0.349 e. The average Bonchev–Trinajstić information content (AvgIpc) is 2.97. The molecule has 0 amide bonds. The minimum absolute atomic E-state index is 0.0409. The van der Waals surface area contributed by atoms with Gasteiger partial charge < -0.3 is 24.7 Å². The first-order valence-electron chi connectivity index (χ1n) is 13.0. The summed E-state index contributed by atoms with van der Waals surface area (Å²) in [6, 6.07) is 24.0. The number of hydrogen-bond donors (Lipinski definition) is 1. The third-order valence-corrected chi connectivity index (χ3v) is 7.33. The Morgan fingerprint density at radius 2 is 1.74 bits per heavy atom. The van der Waals surface area contributed by atoms with E-state index in [9.17, 15) is 14.4 Å². The second kappa shape index (κ2) is 12.2. The standard InChI is InChI=1S/C33H26ClFN2O5/c1-19-12-25(13-20(2)32(19)34)40-18-30(38)41-24-10-11-26-29(15-24)42-33(37)27(16-36)31(26)21-7-5-8-23(14-21)39-17-22-6-3-4-9-28(22)35/h3-15,31H,17-18,37H2,1-2H3. The summed E-state index contributed by atoms with van der Waals surface area (Å²) in [5.41, 5.74) is 9.84. The molecule has 42 heavy (non-hydrogen) atoms. The Balaban J connectivity index is 1.33. The van der Waals surface area contributed by atoms with Gasteiger partial charge in [-0.2, -0.15) is 5.26 Å². The normalized spacial score (nSPS) is 13.9. The maximum Gasteiger partial charge on any atom is 0.349 e. The lowest BCUT2D eigenvalue weighted by Crippen LogP contribution is -2.21. The van der Waals surface area contributed by atoms with E-state index in [2.05, 4.69) is 6.07 Å². The van der Waals surface area contributed by atoms with E-state index in [4.69, 9.17) is 36.3 Å². The zero-order valence-electron chi connectivity index (χ0n) is 22.8. The van der Waals surface area contributed by atoms with Crippen LogP contribution in [0.15, 0.2) is 90.3 Å². The molecule has 0 fully saturated rings. The number of aryl methyl sites for hydroxylation is 2. The highest BCUT2D eigenvalue weighted by Gasteiger charge is 2.31. The van der Waals surface area contributed by atoms with Crippen molar-refractivity contribution in [1.29, 1.82) is 5.26 Å². The summed E-state index contributed by atoms with van der Waals surface area (Å²) >= 11 is 6.20. The van der Waals surface area contributed by atoms with Crippen LogP contribution in [-0.2, 0) is 11.4 Å². The van der Waals surface area contributed by atoms with Crippen molar-refractivity contribution in [2.75, 3.05) is 6.61 Å². The van der Waals surface area contributed by atoms with E-state index in [1.165, 1.54) is 12.1 Å². The van der Waals surface area contributed by atoms with Crippen LogP contribution in [0.2, 0.25) is 5.02 Å². The summed E-state index contributed by atoms with van der Waals surface area (Å²) in [5.74, 6) is -0.0418. The predicted octanol–water partition coefficient (Wildman–Crippen LogP) is 6.88. The number of carbonyl (C=O) groups excluding carboxylic acids is 1. The lowest BCUT2D eigenvalue weighted by molar-refractivity contribution is -0.136. The Morgan fingerprint density at radius 1 is 0.976 bits per heavy atom. The van der Waals surface area contributed by atoms with Gasteiger partial charge >= 0.3 is 5.97 Å². The number of allylic oxidation sites excluding steroid dienone is 1. The molecular formula is C33H26ClFN2O5. The van der Waals surface area contributed by atoms with E-state index >= 15 is 0 Å². The number of rotatable bonds is 8. The molecule has 1 aliphatic heterocycles. The van der Waals surface area contributed by atoms with Gasteiger partial charge in [0, 0.05) is 22.2 Å². The van der Waals surface area contributed by atoms with Crippen LogP contribution in [0.25, 0.3) is 0 Å². The van der Waals surface area contributed by atoms with Gasteiger partial charge in [-0.25, -0.2) is 9.18 Å². The van der Waals surface area contributed by atoms with Crippen LogP contribution in [0.3, 0.4) is 0 Å². The third kappa shape index (κ3) is 6.17. The van der Waals surface area contributed by atoms with Crippen LogP contribution in [0.1, 0.15) is 33.7 Å². The van der Waals surface area contributed by atoms with Crippen molar-refractivity contribution in [2.45, 2.75) is 26.4 Å². The highest BCUT2D eigenvalue weighted by Crippen LogP contribution is 2.44. The highest BCUT2D eigenvalue weighted by atomic mass is 35.5. The maximum absolute atomic E-state index is 14.1. The van der Waals surface area contributed by atoms with E-state index < -0.39 is 11.9 Å². The van der Waals surface area contributed by atoms with Gasteiger partial charge in [-0.1, -0.05) is 48.0 Å². The van der Waals surface area contributed by atoms with Gasteiger partial charge in [0.25, 0.3) is 0 Å². The highest BCUT2D eigenvalue weighted by molar-refractivity contribution is 6.32.